The summed E-state index contributed by atoms with van der Waals surface area (Å²) in [4.78, 5) is 31.2. The van der Waals surface area contributed by atoms with E-state index < -0.39 is 23.6 Å². The van der Waals surface area contributed by atoms with Gasteiger partial charge >= 0.3 is 23.3 Å². The van der Waals surface area contributed by atoms with Crippen molar-refractivity contribution in [3.8, 4) is 0 Å². The third-order valence-corrected chi connectivity index (χ3v) is 3.97. The molecule has 0 unspecified atom stereocenters. The average Bonchev–Trinajstić information content (AvgIpc) is 2.75. The number of carbonyl (C=O) groups is 2. The number of anilines is 1. The third-order valence-electron chi connectivity index (χ3n) is 3.97. The van der Waals surface area contributed by atoms with Crippen molar-refractivity contribution in [3.05, 3.63) is 28.4 Å². The molecule has 2 heterocycles. The van der Waals surface area contributed by atoms with Crippen LogP contribution in [0.1, 0.15) is 31.2 Å². The first kappa shape index (κ1) is 15.6. The minimum atomic E-state index is -4.57. The van der Waals surface area contributed by atoms with Crippen LogP contribution in [-0.2, 0) is 15.8 Å². The monoisotopic (exact) mass is 325 g/mol. The smallest absolute Gasteiger partial charge is 0.371 e. The van der Waals surface area contributed by atoms with Crippen LogP contribution in [0.2, 0.25) is 0 Å². The summed E-state index contributed by atoms with van der Waals surface area (Å²) in [6.45, 7) is 1.04. The summed E-state index contributed by atoms with van der Waals surface area (Å²) in [5.41, 5.74) is -0.849. The topological polar surface area (TPSA) is 63.8 Å². The molecule has 0 saturated carbocycles. The molecule has 1 aromatic carbocycles. The molecule has 0 spiro atoms. The number of fused-ring (bicyclic) bond motifs is 1. The van der Waals surface area contributed by atoms with Gasteiger partial charge in [-0.05, 0) is 18.9 Å². The fraction of sp³-hybridized carbons (Fsp3) is 0.467. The number of hydrogen-bond donors (Lipinski definition) is 0. The molecule has 0 aromatic heterocycles. The lowest BCUT2D eigenvalue weighted by molar-refractivity contribution is -0.137. The van der Waals surface area contributed by atoms with Gasteiger partial charge in [0.1, 0.15) is 10.3 Å². The Balaban J connectivity index is 2.20. The SMILES string of the molecule is O=C1N=c2cc(C(F)(F)F)c(N3CCCCCC3)cc2=[N+]C1=O. The highest BCUT2D eigenvalue weighted by molar-refractivity contribution is 6.35. The molecule has 8 heteroatoms. The van der Waals surface area contributed by atoms with Crippen molar-refractivity contribution < 1.29 is 22.8 Å². The zero-order valence-electron chi connectivity index (χ0n) is 12.2. The Labute approximate surface area is 129 Å². The van der Waals surface area contributed by atoms with Crippen LogP contribution in [0.5, 0.6) is 0 Å². The Morgan fingerprint density at radius 3 is 2.30 bits per heavy atom. The van der Waals surface area contributed by atoms with Gasteiger partial charge in [-0.1, -0.05) is 12.8 Å². The number of hydrogen-bond acceptors (Lipinski definition) is 3. The second kappa shape index (κ2) is 5.75. The van der Waals surface area contributed by atoms with Crippen LogP contribution in [-0.4, -0.2) is 24.9 Å². The van der Waals surface area contributed by atoms with E-state index in [9.17, 15) is 22.8 Å². The van der Waals surface area contributed by atoms with E-state index in [1.807, 2.05) is 0 Å². The predicted octanol–water partition coefficient (Wildman–Crippen LogP) is 0.728. The molecule has 3 rings (SSSR count). The summed E-state index contributed by atoms with van der Waals surface area (Å²) in [5, 5.41) is -0.192. The maximum atomic E-state index is 13.4. The van der Waals surface area contributed by atoms with E-state index in [-0.39, 0.29) is 16.4 Å². The molecule has 2 aliphatic heterocycles. The number of benzene rings is 1. The summed E-state index contributed by atoms with van der Waals surface area (Å²) in [6.07, 6.45) is -0.984. The van der Waals surface area contributed by atoms with Crippen LogP contribution in [0, 0.1) is 0 Å². The molecule has 121 valence electrons. The standard InChI is InChI=1S/C15H14F3N3O2/c16-15(17,18)9-7-10-11(20-14(23)13(22)19-10)8-12(9)21-5-3-1-2-4-6-21/h7-8H,1-6H2/q+1. The van der Waals surface area contributed by atoms with Gasteiger partial charge in [0.2, 0.25) is 0 Å². The Hall–Kier alpha value is -2.25. The number of amides is 2. The number of halogens is 3. The van der Waals surface area contributed by atoms with Gasteiger partial charge in [-0.2, -0.15) is 18.2 Å². The Morgan fingerprint density at radius 2 is 1.70 bits per heavy atom. The average molecular weight is 325 g/mol. The van der Waals surface area contributed by atoms with E-state index >= 15 is 0 Å². The quantitative estimate of drug-likeness (QED) is 0.715. The highest BCUT2D eigenvalue weighted by Gasteiger charge is 2.38. The van der Waals surface area contributed by atoms with Crippen molar-refractivity contribution in [2.45, 2.75) is 31.9 Å². The predicted molar refractivity (Wildman–Crippen MR) is 74.2 cm³/mol. The van der Waals surface area contributed by atoms with Crippen LogP contribution in [0.15, 0.2) is 17.1 Å². The molecule has 2 amide bonds. The van der Waals surface area contributed by atoms with Gasteiger partial charge in [0.15, 0.2) is 0 Å². The summed E-state index contributed by atoms with van der Waals surface area (Å²) in [7, 11) is 0. The summed E-state index contributed by atoms with van der Waals surface area (Å²) in [5.74, 6) is -2.20. The third kappa shape index (κ3) is 3.11. The van der Waals surface area contributed by atoms with E-state index in [1.165, 1.54) is 6.07 Å². The molecule has 1 fully saturated rings. The first-order chi connectivity index (χ1) is 10.9. The van der Waals surface area contributed by atoms with Gasteiger partial charge in [-0.25, -0.2) is 4.79 Å². The Morgan fingerprint density at radius 1 is 1.04 bits per heavy atom. The molecule has 0 bridgehead atoms. The molecule has 0 aliphatic carbocycles. The number of nitrogens with zero attached hydrogens (tertiary/aromatic N) is 3. The fourth-order valence-corrected chi connectivity index (χ4v) is 2.86. The Bertz CT molecular complexity index is 778. The number of alkyl halides is 3. The molecule has 1 radical (unpaired) electrons. The lowest BCUT2D eigenvalue weighted by Gasteiger charge is -2.25. The normalized spacial score (nSPS) is 18.8. The largest absolute Gasteiger partial charge is 0.543 e. The molecule has 0 atom stereocenters. The molecule has 0 N–H and O–H groups in total. The number of rotatable bonds is 1. The van der Waals surface area contributed by atoms with E-state index in [2.05, 4.69) is 9.98 Å². The summed E-state index contributed by atoms with van der Waals surface area (Å²) in [6, 6.07) is 2.03. The molecule has 1 aromatic rings. The lowest BCUT2D eigenvalue weighted by atomic mass is 10.1. The first-order valence-electron chi connectivity index (χ1n) is 7.38. The van der Waals surface area contributed by atoms with Crippen molar-refractivity contribution in [1.82, 2.24) is 4.99 Å². The van der Waals surface area contributed by atoms with E-state index in [0.29, 0.717) is 13.1 Å². The van der Waals surface area contributed by atoms with Gasteiger partial charge in [0.25, 0.3) is 0 Å². The van der Waals surface area contributed by atoms with Gasteiger partial charge in [0, 0.05) is 19.2 Å². The maximum Gasteiger partial charge on any atom is 0.543 e. The van der Waals surface area contributed by atoms with Crippen LogP contribution in [0.25, 0.3) is 0 Å². The van der Waals surface area contributed by atoms with Gasteiger partial charge in [-0.3, -0.25) is 4.79 Å². The fourth-order valence-electron chi connectivity index (χ4n) is 2.86. The molecular formula is C15H14F3N3O2+. The Kier molecular flexibility index (Phi) is 3.91. The molecule has 23 heavy (non-hydrogen) atoms. The maximum absolute atomic E-state index is 13.4. The van der Waals surface area contributed by atoms with Crippen LogP contribution < -0.4 is 20.6 Å². The summed E-state index contributed by atoms with van der Waals surface area (Å²) >= 11 is 0. The van der Waals surface area contributed by atoms with Crippen LogP contribution in [0.4, 0.5) is 18.9 Å². The van der Waals surface area contributed by atoms with Crippen molar-refractivity contribution in [2.24, 2.45) is 4.99 Å². The minimum Gasteiger partial charge on any atom is -0.371 e. The van der Waals surface area contributed by atoms with Crippen molar-refractivity contribution in [2.75, 3.05) is 18.0 Å². The second-order valence-electron chi connectivity index (χ2n) is 5.59. The van der Waals surface area contributed by atoms with E-state index in [1.54, 1.807) is 4.90 Å². The summed E-state index contributed by atoms with van der Waals surface area (Å²) < 4.78 is 40.2. The van der Waals surface area contributed by atoms with Crippen LogP contribution in [0.3, 0.4) is 0 Å². The van der Waals surface area contributed by atoms with Crippen molar-refractivity contribution in [1.29, 1.82) is 0 Å². The number of carbonyl (C=O) groups excluding carboxylic acids is 2. The van der Waals surface area contributed by atoms with E-state index in [4.69, 9.17) is 0 Å². The second-order valence-corrected chi connectivity index (χ2v) is 5.59. The highest BCUT2D eigenvalue weighted by Crippen LogP contribution is 2.35. The van der Waals surface area contributed by atoms with Crippen molar-refractivity contribution in [3.63, 3.8) is 0 Å². The van der Waals surface area contributed by atoms with E-state index in [0.717, 1.165) is 31.7 Å². The zero-order valence-corrected chi connectivity index (χ0v) is 12.2. The van der Waals surface area contributed by atoms with Crippen molar-refractivity contribution >= 4 is 17.5 Å². The first-order valence-corrected chi connectivity index (χ1v) is 7.38. The zero-order chi connectivity index (χ0) is 16.6. The lowest BCUT2D eigenvalue weighted by Crippen LogP contribution is -2.43. The van der Waals surface area contributed by atoms with Gasteiger partial charge < -0.3 is 4.90 Å². The highest BCUT2D eigenvalue weighted by atomic mass is 19.4. The minimum absolute atomic E-state index is 0.000695. The molecular weight excluding hydrogens is 311 g/mol. The molecule has 5 nitrogen and oxygen atoms in total. The van der Waals surface area contributed by atoms with Crippen LogP contribution >= 0.6 is 0 Å². The molecule has 1 saturated heterocycles. The van der Waals surface area contributed by atoms with Gasteiger partial charge in [0.05, 0.1) is 11.3 Å². The molecule has 2 aliphatic rings. The van der Waals surface area contributed by atoms with Gasteiger partial charge in [-0.15, -0.1) is 0 Å².